The van der Waals surface area contributed by atoms with Gasteiger partial charge in [0, 0.05) is 6.92 Å². The first-order valence-corrected chi connectivity index (χ1v) is 12.6. The first-order valence-electron chi connectivity index (χ1n) is 12.6. The molecule has 0 aliphatic heterocycles. The summed E-state index contributed by atoms with van der Waals surface area (Å²) in [6.45, 7) is 1.85. The van der Waals surface area contributed by atoms with E-state index in [1.807, 2.05) is 0 Å². The Labute approximate surface area is 216 Å². The van der Waals surface area contributed by atoms with Crippen molar-refractivity contribution in [2.45, 2.75) is 46.0 Å². The Morgan fingerprint density at radius 1 is 0.973 bits per heavy atom. The van der Waals surface area contributed by atoms with Crippen LogP contribution in [0.4, 0.5) is 4.79 Å². The van der Waals surface area contributed by atoms with E-state index in [2.05, 4.69) is 42.5 Å². The van der Waals surface area contributed by atoms with Gasteiger partial charge in [0.1, 0.15) is 25.4 Å². The van der Waals surface area contributed by atoms with Gasteiger partial charge >= 0.3 is 18.1 Å². The van der Waals surface area contributed by atoms with E-state index >= 15 is 0 Å². The van der Waals surface area contributed by atoms with Gasteiger partial charge in [-0.2, -0.15) is 0 Å². The van der Waals surface area contributed by atoms with Gasteiger partial charge in [-0.1, -0.05) is 42.5 Å². The van der Waals surface area contributed by atoms with Crippen molar-refractivity contribution in [2.75, 3.05) is 26.6 Å². The summed E-state index contributed by atoms with van der Waals surface area (Å²) in [6.07, 6.45) is 10.2. The largest absolute Gasteiger partial charge is 0.508 e. The Morgan fingerprint density at radius 2 is 1.78 bits per heavy atom. The van der Waals surface area contributed by atoms with Gasteiger partial charge in [0.15, 0.2) is 0 Å². The molecular formula is C29H33NO7. The highest BCUT2D eigenvalue weighted by molar-refractivity contribution is 6.03. The number of carbonyl (C=O) groups is 3. The zero-order valence-corrected chi connectivity index (χ0v) is 21.3. The highest BCUT2D eigenvalue weighted by atomic mass is 16.7. The molecule has 0 bridgehead atoms. The van der Waals surface area contributed by atoms with Gasteiger partial charge in [-0.3, -0.25) is 15.3 Å². The van der Waals surface area contributed by atoms with E-state index in [9.17, 15) is 14.4 Å². The van der Waals surface area contributed by atoms with Gasteiger partial charge in [0.05, 0.1) is 6.61 Å². The van der Waals surface area contributed by atoms with Crippen molar-refractivity contribution < 1.29 is 33.3 Å². The lowest BCUT2D eigenvalue weighted by Gasteiger charge is -2.25. The average Bonchev–Trinajstić information content (AvgIpc) is 2.90. The summed E-state index contributed by atoms with van der Waals surface area (Å²) in [6, 6.07) is 8.88. The third-order valence-electron chi connectivity index (χ3n) is 6.79. The number of benzene rings is 2. The highest BCUT2D eigenvalue weighted by Gasteiger charge is 2.38. The molecule has 0 saturated heterocycles. The second-order valence-electron chi connectivity index (χ2n) is 9.66. The van der Waals surface area contributed by atoms with Crippen LogP contribution in [0.25, 0.3) is 22.4 Å². The standard InChI is InChI=1S/C29H33NO7/c1-19(31)35-16-29(2,27(32)37-18-30)17-36-28(33)34-15-4-3-6-20-9-10-23-12-11-21-7-5-8-22-13-14-24(20)26(23)25(21)22/h5,8-11,13-14H,3-4,6-7,12,15-18,30H2,1-2H3. The van der Waals surface area contributed by atoms with E-state index in [0.29, 0.717) is 6.42 Å². The number of nitrogens with two attached hydrogens (primary N) is 1. The van der Waals surface area contributed by atoms with Crippen LogP contribution in [0.2, 0.25) is 0 Å². The molecule has 1 atom stereocenters. The molecule has 0 aromatic heterocycles. The molecule has 2 N–H and O–H groups in total. The van der Waals surface area contributed by atoms with Crippen LogP contribution in [-0.2, 0) is 41.4 Å². The third-order valence-corrected chi connectivity index (χ3v) is 6.79. The minimum Gasteiger partial charge on any atom is -0.465 e. The number of hydrogen-bond donors (Lipinski definition) is 1. The number of ether oxygens (including phenoxy) is 4. The molecule has 0 fully saturated rings. The van der Waals surface area contributed by atoms with Crippen LogP contribution in [0, 0.1) is 5.41 Å². The van der Waals surface area contributed by atoms with Crippen molar-refractivity contribution in [1.82, 2.24) is 0 Å². The van der Waals surface area contributed by atoms with E-state index in [-0.39, 0.29) is 26.6 Å². The maximum Gasteiger partial charge on any atom is 0.508 e. The molecule has 2 aromatic carbocycles. The number of carbonyl (C=O) groups excluding carboxylic acids is 3. The summed E-state index contributed by atoms with van der Waals surface area (Å²) < 4.78 is 20.0. The number of rotatable bonds is 11. The molecule has 2 aliphatic carbocycles. The van der Waals surface area contributed by atoms with Crippen molar-refractivity contribution in [3.63, 3.8) is 0 Å². The molecule has 1 unspecified atom stereocenters. The molecule has 4 rings (SSSR count). The fourth-order valence-corrected chi connectivity index (χ4v) is 4.80. The lowest BCUT2D eigenvalue weighted by molar-refractivity contribution is -0.165. The Bertz CT molecular complexity index is 1260. The number of aryl methyl sites for hydroxylation is 1. The zero-order valence-electron chi connectivity index (χ0n) is 21.3. The van der Waals surface area contributed by atoms with Crippen LogP contribution in [0.1, 0.15) is 55.4 Å². The Hall–Kier alpha value is -3.65. The number of allylic oxidation sites excluding steroid dienone is 3. The fraction of sp³-hybridized carbons (Fsp3) is 0.414. The molecule has 2 aromatic rings. The van der Waals surface area contributed by atoms with Crippen LogP contribution in [0.3, 0.4) is 0 Å². The molecule has 0 radical (unpaired) electrons. The molecule has 8 heteroatoms. The molecule has 2 aliphatic rings. The maximum atomic E-state index is 12.2. The molecule has 0 spiro atoms. The molecular weight excluding hydrogens is 474 g/mol. The van der Waals surface area contributed by atoms with Crippen molar-refractivity contribution in [3.8, 4) is 0 Å². The molecule has 0 saturated carbocycles. The van der Waals surface area contributed by atoms with Gasteiger partial charge in [-0.15, -0.1) is 0 Å². The zero-order chi connectivity index (χ0) is 26.4. The number of unbranched alkanes of at least 4 members (excludes halogenated alkanes) is 1. The van der Waals surface area contributed by atoms with Crippen molar-refractivity contribution in [3.05, 3.63) is 58.7 Å². The summed E-state index contributed by atoms with van der Waals surface area (Å²) in [5.74, 6) is -1.30. The minimum atomic E-state index is -1.39. The molecule has 0 amide bonds. The summed E-state index contributed by atoms with van der Waals surface area (Å²) in [7, 11) is 0. The Morgan fingerprint density at radius 3 is 2.57 bits per heavy atom. The van der Waals surface area contributed by atoms with Gasteiger partial charge in [0.2, 0.25) is 0 Å². The summed E-state index contributed by atoms with van der Waals surface area (Å²) in [5, 5.41) is 2.68. The fourth-order valence-electron chi connectivity index (χ4n) is 4.80. The normalized spacial score (nSPS) is 14.9. The monoisotopic (exact) mass is 507 g/mol. The maximum absolute atomic E-state index is 12.2. The molecule has 8 nitrogen and oxygen atoms in total. The summed E-state index contributed by atoms with van der Waals surface area (Å²) >= 11 is 0. The van der Waals surface area contributed by atoms with Gasteiger partial charge < -0.3 is 18.9 Å². The van der Waals surface area contributed by atoms with Gasteiger partial charge in [0.25, 0.3) is 0 Å². The minimum absolute atomic E-state index is 0.190. The van der Waals surface area contributed by atoms with Crippen LogP contribution >= 0.6 is 0 Å². The lowest BCUT2D eigenvalue weighted by atomic mass is 9.80. The number of hydrogen-bond acceptors (Lipinski definition) is 8. The molecule has 196 valence electrons. The smallest absolute Gasteiger partial charge is 0.465 e. The lowest BCUT2D eigenvalue weighted by Crippen LogP contribution is -2.41. The van der Waals surface area contributed by atoms with Gasteiger partial charge in [-0.25, -0.2) is 4.79 Å². The van der Waals surface area contributed by atoms with Crippen LogP contribution in [-0.4, -0.2) is 44.6 Å². The highest BCUT2D eigenvalue weighted by Crippen LogP contribution is 2.41. The summed E-state index contributed by atoms with van der Waals surface area (Å²) in [4.78, 5) is 35.4. The van der Waals surface area contributed by atoms with Crippen molar-refractivity contribution >= 4 is 40.5 Å². The van der Waals surface area contributed by atoms with E-state index in [0.717, 1.165) is 25.7 Å². The van der Waals surface area contributed by atoms with E-state index < -0.39 is 23.5 Å². The van der Waals surface area contributed by atoms with Crippen LogP contribution < -0.4 is 5.73 Å². The van der Waals surface area contributed by atoms with Crippen LogP contribution in [0.5, 0.6) is 0 Å². The van der Waals surface area contributed by atoms with Crippen LogP contribution in [0.15, 0.2) is 36.4 Å². The Balaban J connectivity index is 1.28. The average molecular weight is 508 g/mol. The quantitative estimate of drug-likeness (QED) is 0.201. The number of esters is 2. The van der Waals surface area contributed by atoms with E-state index in [1.165, 1.54) is 52.4 Å². The summed E-state index contributed by atoms with van der Waals surface area (Å²) in [5.41, 5.74) is 10.6. The first kappa shape index (κ1) is 26.4. The second-order valence-corrected chi connectivity index (χ2v) is 9.66. The van der Waals surface area contributed by atoms with E-state index in [4.69, 9.17) is 24.7 Å². The van der Waals surface area contributed by atoms with E-state index in [1.54, 1.807) is 0 Å². The third kappa shape index (κ3) is 6.02. The predicted octanol–water partition coefficient (Wildman–Crippen LogP) is 4.70. The van der Waals surface area contributed by atoms with Crippen molar-refractivity contribution in [1.29, 1.82) is 0 Å². The molecule has 37 heavy (non-hydrogen) atoms. The second kappa shape index (κ2) is 11.6. The Kier molecular flexibility index (Phi) is 8.28. The van der Waals surface area contributed by atoms with Gasteiger partial charge in [-0.05, 0) is 77.6 Å². The first-order chi connectivity index (χ1) is 17.8. The SMILES string of the molecule is CC(=O)OCC(C)(COC(=O)OCCCCc1ccc2c3c4c(ccc13)C=CCC4=CC2)C(=O)OCN. The molecule has 0 heterocycles. The topological polar surface area (TPSA) is 114 Å². The van der Waals surface area contributed by atoms with Crippen molar-refractivity contribution in [2.24, 2.45) is 11.1 Å². The predicted molar refractivity (Wildman–Crippen MR) is 139 cm³/mol.